The summed E-state index contributed by atoms with van der Waals surface area (Å²) in [6.45, 7) is 5.44. The molecule has 130 valence electrons. The average Bonchev–Trinajstić information content (AvgIpc) is 3.25. The minimum atomic E-state index is -0.0222. The Hall–Kier alpha value is -2.76. The molecule has 0 saturated heterocycles. The van der Waals surface area contributed by atoms with Crippen molar-refractivity contribution in [2.45, 2.75) is 32.7 Å². The van der Waals surface area contributed by atoms with Gasteiger partial charge in [0.15, 0.2) is 0 Å². The smallest absolute Gasteiger partial charge is 0.274 e. The Morgan fingerprint density at radius 3 is 2.88 bits per heavy atom. The highest BCUT2D eigenvalue weighted by atomic mass is 16.5. The molecule has 3 aromatic rings. The molecule has 1 amide bonds. The zero-order valence-electron chi connectivity index (χ0n) is 14.7. The molecule has 0 spiro atoms. The quantitative estimate of drug-likeness (QED) is 0.770. The lowest BCUT2D eigenvalue weighted by atomic mass is 10.0. The van der Waals surface area contributed by atoms with Crippen molar-refractivity contribution in [1.82, 2.24) is 20.1 Å². The topological polar surface area (TPSA) is 74.0 Å². The van der Waals surface area contributed by atoms with Gasteiger partial charge in [-0.05, 0) is 30.2 Å². The Morgan fingerprint density at radius 1 is 1.32 bits per heavy atom. The minimum Gasteiger partial charge on any atom is -0.497 e. The fourth-order valence-electron chi connectivity index (χ4n) is 3.40. The fraction of sp³-hybridized carbons (Fsp3) is 0.368. The van der Waals surface area contributed by atoms with Crippen LogP contribution in [0.2, 0.25) is 0 Å². The fourth-order valence-corrected chi connectivity index (χ4v) is 3.40. The lowest BCUT2D eigenvalue weighted by Crippen LogP contribution is -2.36. The first kappa shape index (κ1) is 15.7. The van der Waals surface area contributed by atoms with E-state index in [1.54, 1.807) is 7.11 Å². The molecule has 1 aliphatic rings. The molecule has 0 atom stereocenters. The third-order valence-corrected chi connectivity index (χ3v) is 4.91. The molecule has 1 aromatic carbocycles. The van der Waals surface area contributed by atoms with Crippen LogP contribution in [0.15, 0.2) is 24.3 Å². The van der Waals surface area contributed by atoms with Crippen LogP contribution < -0.4 is 4.74 Å². The van der Waals surface area contributed by atoms with Crippen molar-refractivity contribution in [3.05, 3.63) is 46.9 Å². The van der Waals surface area contributed by atoms with E-state index in [1.165, 1.54) is 11.3 Å². The molecule has 3 heterocycles. The second-order valence-electron chi connectivity index (χ2n) is 6.83. The van der Waals surface area contributed by atoms with E-state index in [1.807, 2.05) is 29.2 Å². The van der Waals surface area contributed by atoms with Crippen LogP contribution in [0, 0.1) is 0 Å². The SMILES string of the molecule is COc1ccc2[nH]c3c(c2c1)CN(C(=O)c1cc(C(C)C)[nH]n1)CC3. The molecule has 0 aliphatic carbocycles. The number of rotatable bonds is 3. The van der Waals surface area contributed by atoms with E-state index in [0.29, 0.717) is 24.7 Å². The number of H-pyrrole nitrogens is 2. The lowest BCUT2D eigenvalue weighted by molar-refractivity contribution is 0.0729. The predicted molar refractivity (Wildman–Crippen MR) is 96.0 cm³/mol. The van der Waals surface area contributed by atoms with Crippen LogP contribution in [0.1, 0.15) is 47.2 Å². The zero-order chi connectivity index (χ0) is 17.6. The molecule has 2 aromatic heterocycles. The van der Waals surface area contributed by atoms with Gasteiger partial charge in [0.1, 0.15) is 11.4 Å². The summed E-state index contributed by atoms with van der Waals surface area (Å²) in [7, 11) is 1.67. The normalized spacial score (nSPS) is 14.2. The summed E-state index contributed by atoms with van der Waals surface area (Å²) in [6.07, 6.45) is 0.819. The molecule has 0 radical (unpaired) electrons. The van der Waals surface area contributed by atoms with E-state index in [4.69, 9.17) is 4.74 Å². The van der Waals surface area contributed by atoms with E-state index < -0.39 is 0 Å². The van der Waals surface area contributed by atoms with E-state index in [-0.39, 0.29) is 5.91 Å². The number of hydrogen-bond acceptors (Lipinski definition) is 3. The number of hydrogen-bond donors (Lipinski definition) is 2. The van der Waals surface area contributed by atoms with Gasteiger partial charge in [-0.2, -0.15) is 5.10 Å². The maximum Gasteiger partial charge on any atom is 0.274 e. The number of nitrogens with zero attached hydrogens (tertiary/aromatic N) is 2. The monoisotopic (exact) mass is 338 g/mol. The van der Waals surface area contributed by atoms with E-state index in [9.17, 15) is 4.79 Å². The van der Waals surface area contributed by atoms with Gasteiger partial charge in [0.25, 0.3) is 5.91 Å². The summed E-state index contributed by atoms with van der Waals surface area (Å²) in [4.78, 5) is 18.2. The van der Waals surface area contributed by atoms with Crippen LogP contribution in [-0.2, 0) is 13.0 Å². The third kappa shape index (κ3) is 2.67. The number of amides is 1. The molecule has 4 rings (SSSR count). The van der Waals surface area contributed by atoms with Crippen molar-refractivity contribution in [3.63, 3.8) is 0 Å². The van der Waals surface area contributed by atoms with Crippen molar-refractivity contribution in [2.75, 3.05) is 13.7 Å². The van der Waals surface area contributed by atoms with Gasteiger partial charge >= 0.3 is 0 Å². The molecule has 2 N–H and O–H groups in total. The summed E-state index contributed by atoms with van der Waals surface area (Å²) in [5, 5.41) is 8.29. The molecule has 0 unspecified atom stereocenters. The van der Waals surface area contributed by atoms with Crippen LogP contribution in [0.4, 0.5) is 0 Å². The average molecular weight is 338 g/mol. The number of carbonyl (C=O) groups is 1. The summed E-state index contributed by atoms with van der Waals surface area (Å²) in [6, 6.07) is 7.87. The van der Waals surface area contributed by atoms with Crippen LogP contribution in [0.3, 0.4) is 0 Å². The summed E-state index contributed by atoms with van der Waals surface area (Å²) >= 11 is 0. The molecule has 0 saturated carbocycles. The Labute approximate surface area is 146 Å². The van der Waals surface area contributed by atoms with Crippen molar-refractivity contribution >= 4 is 16.8 Å². The molecule has 6 nitrogen and oxygen atoms in total. The maximum absolute atomic E-state index is 12.8. The Balaban J connectivity index is 1.64. The number of fused-ring (bicyclic) bond motifs is 3. The highest BCUT2D eigenvalue weighted by Crippen LogP contribution is 2.31. The number of benzene rings is 1. The molecular formula is C19H22N4O2. The van der Waals surface area contributed by atoms with Gasteiger partial charge in [-0.15, -0.1) is 0 Å². The highest BCUT2D eigenvalue weighted by Gasteiger charge is 2.26. The summed E-state index contributed by atoms with van der Waals surface area (Å²) < 4.78 is 5.34. The predicted octanol–water partition coefficient (Wildman–Crippen LogP) is 3.22. The number of nitrogens with one attached hydrogen (secondary N) is 2. The third-order valence-electron chi connectivity index (χ3n) is 4.91. The number of carbonyl (C=O) groups excluding carboxylic acids is 1. The van der Waals surface area contributed by atoms with E-state index in [2.05, 4.69) is 29.0 Å². The highest BCUT2D eigenvalue weighted by molar-refractivity contribution is 5.93. The Bertz CT molecular complexity index is 938. The summed E-state index contributed by atoms with van der Waals surface area (Å²) in [5.41, 5.74) is 4.94. The van der Waals surface area contributed by atoms with Gasteiger partial charge in [0.05, 0.1) is 7.11 Å². The second kappa shape index (κ2) is 5.95. The molecule has 6 heteroatoms. The summed E-state index contributed by atoms with van der Waals surface area (Å²) in [5.74, 6) is 1.13. The van der Waals surface area contributed by atoms with Crippen LogP contribution in [0.5, 0.6) is 5.75 Å². The van der Waals surface area contributed by atoms with Gasteiger partial charge < -0.3 is 14.6 Å². The minimum absolute atomic E-state index is 0.0222. The number of aromatic nitrogens is 3. The molecule has 0 bridgehead atoms. The maximum atomic E-state index is 12.8. The lowest BCUT2D eigenvalue weighted by Gasteiger charge is -2.26. The van der Waals surface area contributed by atoms with Crippen molar-refractivity contribution in [1.29, 1.82) is 0 Å². The largest absolute Gasteiger partial charge is 0.497 e. The van der Waals surface area contributed by atoms with Crippen LogP contribution >= 0.6 is 0 Å². The Morgan fingerprint density at radius 2 is 2.16 bits per heavy atom. The molecular weight excluding hydrogens is 316 g/mol. The van der Waals surface area contributed by atoms with Crippen molar-refractivity contribution in [3.8, 4) is 5.75 Å². The van der Waals surface area contributed by atoms with Crippen LogP contribution in [-0.4, -0.2) is 39.6 Å². The van der Waals surface area contributed by atoms with Gasteiger partial charge in [-0.25, -0.2) is 0 Å². The number of methoxy groups -OCH3 is 1. The molecule has 25 heavy (non-hydrogen) atoms. The van der Waals surface area contributed by atoms with Gasteiger partial charge in [0, 0.05) is 47.4 Å². The Kier molecular flexibility index (Phi) is 3.75. The van der Waals surface area contributed by atoms with Gasteiger partial charge in [0.2, 0.25) is 0 Å². The first-order chi connectivity index (χ1) is 12.1. The van der Waals surface area contributed by atoms with Gasteiger partial charge in [-0.1, -0.05) is 13.8 Å². The van der Waals surface area contributed by atoms with Gasteiger partial charge in [-0.3, -0.25) is 9.89 Å². The van der Waals surface area contributed by atoms with Crippen molar-refractivity contribution < 1.29 is 9.53 Å². The first-order valence-corrected chi connectivity index (χ1v) is 8.59. The molecule has 0 fully saturated rings. The van der Waals surface area contributed by atoms with E-state index in [0.717, 1.165) is 28.8 Å². The van der Waals surface area contributed by atoms with E-state index >= 15 is 0 Å². The second-order valence-corrected chi connectivity index (χ2v) is 6.83. The number of aromatic amines is 2. The number of ether oxygens (including phenoxy) is 1. The van der Waals surface area contributed by atoms with Crippen LogP contribution in [0.25, 0.3) is 10.9 Å². The zero-order valence-corrected chi connectivity index (χ0v) is 14.7. The molecule has 1 aliphatic heterocycles. The first-order valence-electron chi connectivity index (χ1n) is 8.59. The van der Waals surface area contributed by atoms with Crippen molar-refractivity contribution in [2.24, 2.45) is 0 Å². The standard InChI is InChI=1S/C19H22N4O2/c1-11(2)17-9-18(22-21-17)19(24)23-7-6-16-14(10-23)13-8-12(25-3)4-5-15(13)20-16/h4-5,8-9,11,20H,6-7,10H2,1-3H3,(H,21,22).